The number of halogens is 1. The third-order valence-electron chi connectivity index (χ3n) is 8.31. The molecule has 0 aromatic heterocycles. The zero-order valence-corrected chi connectivity index (χ0v) is 14.3. The van der Waals surface area contributed by atoms with Gasteiger partial charge in [0.15, 0.2) is 0 Å². The maximum atomic E-state index is 13.3. The van der Waals surface area contributed by atoms with E-state index in [1.165, 1.54) is 12.8 Å². The van der Waals surface area contributed by atoms with Gasteiger partial charge in [-0.2, -0.15) is 0 Å². The molecule has 4 rings (SSSR count). The van der Waals surface area contributed by atoms with Crippen LogP contribution in [0.25, 0.3) is 0 Å². The number of carbonyl (C=O) groups is 1. The van der Waals surface area contributed by atoms with Crippen molar-refractivity contribution in [1.29, 1.82) is 0 Å². The lowest BCUT2D eigenvalue weighted by atomic mass is 9.47. The number of rotatable bonds is 2. The van der Waals surface area contributed by atoms with Gasteiger partial charge in [-0.05, 0) is 85.9 Å². The highest BCUT2D eigenvalue weighted by molar-refractivity contribution is 5.79. The predicted molar refractivity (Wildman–Crippen MR) is 87.6 cm³/mol. The van der Waals surface area contributed by atoms with Crippen molar-refractivity contribution in [2.24, 2.45) is 40.9 Å². The molecule has 0 amide bonds. The smallest absolute Gasteiger partial charge is 0.133 e. The highest BCUT2D eigenvalue weighted by Crippen LogP contribution is 2.64. The van der Waals surface area contributed by atoms with Crippen molar-refractivity contribution in [2.45, 2.75) is 70.8 Å². The minimum atomic E-state index is -0.235. The number of hydrogen-bond donors (Lipinski definition) is 1. The second-order valence-electron chi connectivity index (χ2n) is 9.17. The van der Waals surface area contributed by atoms with Crippen LogP contribution in [0.5, 0.6) is 0 Å². The number of Topliss-reactive ketones (excluding diaryl/α,β-unsaturated/α-hetero) is 1. The molecule has 3 heteroatoms. The van der Waals surface area contributed by atoms with Crippen molar-refractivity contribution in [2.75, 3.05) is 6.67 Å². The Morgan fingerprint density at radius 3 is 2.78 bits per heavy atom. The van der Waals surface area contributed by atoms with Crippen LogP contribution in [-0.2, 0) is 4.79 Å². The molecule has 130 valence electrons. The van der Waals surface area contributed by atoms with E-state index in [0.717, 1.165) is 38.5 Å². The average molecular weight is 322 g/mol. The number of aliphatic hydroxyl groups is 1. The third-order valence-corrected chi connectivity index (χ3v) is 8.31. The molecule has 8 atom stereocenters. The van der Waals surface area contributed by atoms with Gasteiger partial charge in [-0.3, -0.25) is 9.18 Å². The molecule has 1 N–H and O–H groups in total. The second-order valence-corrected chi connectivity index (χ2v) is 9.17. The fourth-order valence-electron chi connectivity index (χ4n) is 7.39. The lowest BCUT2D eigenvalue weighted by molar-refractivity contribution is -0.135. The first kappa shape index (κ1) is 16.1. The van der Waals surface area contributed by atoms with Crippen molar-refractivity contribution < 1.29 is 14.3 Å². The SMILES string of the molecule is C[C@]12C[C@H](CCF)C3C(CC[C@H]4CC(=O)CCC34)C1CC[C@@H]2O. The zero-order chi connectivity index (χ0) is 16.2. The van der Waals surface area contributed by atoms with E-state index >= 15 is 0 Å². The van der Waals surface area contributed by atoms with E-state index in [1.807, 2.05) is 0 Å². The zero-order valence-electron chi connectivity index (χ0n) is 14.3. The quantitative estimate of drug-likeness (QED) is 0.829. The second kappa shape index (κ2) is 5.82. The number of carbonyl (C=O) groups excluding carboxylic acids is 1. The maximum Gasteiger partial charge on any atom is 0.133 e. The van der Waals surface area contributed by atoms with Gasteiger partial charge >= 0.3 is 0 Å². The van der Waals surface area contributed by atoms with Crippen LogP contribution in [-0.4, -0.2) is 23.7 Å². The van der Waals surface area contributed by atoms with Crippen LogP contribution < -0.4 is 0 Å². The molecule has 0 bridgehead atoms. The van der Waals surface area contributed by atoms with Crippen molar-refractivity contribution in [3.8, 4) is 0 Å². The highest BCUT2D eigenvalue weighted by Gasteiger charge is 2.59. The summed E-state index contributed by atoms with van der Waals surface area (Å²) < 4.78 is 13.3. The number of hydrogen-bond acceptors (Lipinski definition) is 2. The Morgan fingerprint density at radius 1 is 1.17 bits per heavy atom. The molecule has 4 aliphatic carbocycles. The summed E-state index contributed by atoms with van der Waals surface area (Å²) >= 11 is 0. The average Bonchev–Trinajstić information content (AvgIpc) is 2.82. The van der Waals surface area contributed by atoms with Crippen LogP contribution in [0.3, 0.4) is 0 Å². The lowest BCUT2D eigenvalue weighted by Crippen LogP contribution is -2.53. The lowest BCUT2D eigenvalue weighted by Gasteiger charge is -2.58. The van der Waals surface area contributed by atoms with E-state index in [0.29, 0.717) is 47.7 Å². The Labute approximate surface area is 139 Å². The van der Waals surface area contributed by atoms with Crippen LogP contribution in [0.15, 0.2) is 0 Å². The van der Waals surface area contributed by atoms with Crippen LogP contribution >= 0.6 is 0 Å². The molecule has 0 aromatic carbocycles. The first-order chi connectivity index (χ1) is 11.0. The number of fused-ring (bicyclic) bond motifs is 5. The number of ketones is 1. The Morgan fingerprint density at radius 2 is 2.00 bits per heavy atom. The normalized spacial score (nSPS) is 52.7. The van der Waals surface area contributed by atoms with Gasteiger partial charge in [-0.25, -0.2) is 0 Å². The first-order valence-electron chi connectivity index (χ1n) is 9.80. The highest BCUT2D eigenvalue weighted by atomic mass is 19.1. The Balaban J connectivity index is 1.65. The maximum absolute atomic E-state index is 13.3. The summed E-state index contributed by atoms with van der Waals surface area (Å²) in [5.41, 5.74) is 0.0122. The van der Waals surface area contributed by atoms with E-state index in [9.17, 15) is 14.3 Å². The third kappa shape index (κ3) is 2.41. The Hall–Kier alpha value is -0.440. The van der Waals surface area contributed by atoms with Crippen LogP contribution in [0.2, 0.25) is 0 Å². The van der Waals surface area contributed by atoms with E-state index in [4.69, 9.17) is 0 Å². The monoisotopic (exact) mass is 322 g/mol. The fraction of sp³-hybridized carbons (Fsp3) is 0.950. The Kier molecular flexibility index (Phi) is 4.06. The summed E-state index contributed by atoms with van der Waals surface area (Å²) in [6.07, 6.45) is 8.50. The van der Waals surface area contributed by atoms with E-state index in [1.54, 1.807) is 0 Å². The largest absolute Gasteiger partial charge is 0.393 e. The summed E-state index contributed by atoms with van der Waals surface area (Å²) in [6.45, 7) is 2.04. The molecule has 0 aromatic rings. The van der Waals surface area contributed by atoms with Crippen molar-refractivity contribution in [1.82, 2.24) is 0 Å². The van der Waals surface area contributed by atoms with Crippen LogP contribution in [0, 0.1) is 40.9 Å². The first-order valence-corrected chi connectivity index (χ1v) is 9.80. The molecule has 0 spiro atoms. The molecule has 4 unspecified atom stereocenters. The molecule has 2 nitrogen and oxygen atoms in total. The molecule has 0 saturated heterocycles. The molecular weight excluding hydrogens is 291 g/mol. The summed E-state index contributed by atoms with van der Waals surface area (Å²) in [5, 5.41) is 10.6. The molecule has 4 fully saturated rings. The number of alkyl halides is 1. The van der Waals surface area contributed by atoms with Gasteiger partial charge in [-0.1, -0.05) is 6.92 Å². The van der Waals surface area contributed by atoms with E-state index < -0.39 is 0 Å². The molecule has 4 saturated carbocycles. The molecule has 0 radical (unpaired) electrons. The molecular formula is C20H31FO2. The minimum absolute atomic E-state index is 0.0122. The van der Waals surface area contributed by atoms with Gasteiger partial charge in [-0.15, -0.1) is 0 Å². The minimum Gasteiger partial charge on any atom is -0.393 e. The Bertz CT molecular complexity index is 478. The van der Waals surface area contributed by atoms with Gasteiger partial charge in [0.1, 0.15) is 5.78 Å². The standard InChI is InChI=1S/C20H31FO2/c1-20-11-13(8-9-21)19-15-5-3-14(22)10-12(15)2-4-16(19)17(20)6-7-18(20)23/h12-13,15-19,23H,2-11H2,1H3/t12-,13-,15?,16?,17?,18-,19?,20-/m0/s1. The van der Waals surface area contributed by atoms with Crippen molar-refractivity contribution >= 4 is 5.78 Å². The molecule has 0 aliphatic heterocycles. The van der Waals surface area contributed by atoms with E-state index in [2.05, 4.69) is 6.92 Å². The van der Waals surface area contributed by atoms with E-state index in [-0.39, 0.29) is 18.2 Å². The summed E-state index contributed by atoms with van der Waals surface area (Å²) in [6, 6.07) is 0. The summed E-state index contributed by atoms with van der Waals surface area (Å²) in [5.74, 6) is 3.97. The van der Waals surface area contributed by atoms with Crippen molar-refractivity contribution in [3.63, 3.8) is 0 Å². The van der Waals surface area contributed by atoms with Crippen LogP contribution in [0.1, 0.15) is 64.7 Å². The molecule has 23 heavy (non-hydrogen) atoms. The predicted octanol–water partition coefficient (Wildman–Crippen LogP) is 4.15. The van der Waals surface area contributed by atoms with Gasteiger partial charge in [0.25, 0.3) is 0 Å². The van der Waals surface area contributed by atoms with Gasteiger partial charge in [0.05, 0.1) is 12.8 Å². The topological polar surface area (TPSA) is 37.3 Å². The van der Waals surface area contributed by atoms with Crippen molar-refractivity contribution in [3.05, 3.63) is 0 Å². The summed E-state index contributed by atoms with van der Waals surface area (Å²) in [7, 11) is 0. The van der Waals surface area contributed by atoms with Gasteiger partial charge in [0.2, 0.25) is 0 Å². The van der Waals surface area contributed by atoms with Gasteiger partial charge < -0.3 is 5.11 Å². The van der Waals surface area contributed by atoms with Gasteiger partial charge in [0, 0.05) is 12.8 Å². The fourth-order valence-corrected chi connectivity index (χ4v) is 7.39. The summed E-state index contributed by atoms with van der Waals surface area (Å²) in [4.78, 5) is 11.9. The molecule has 0 heterocycles. The molecule has 4 aliphatic rings. The van der Waals surface area contributed by atoms with Crippen LogP contribution in [0.4, 0.5) is 4.39 Å². The number of aliphatic hydroxyl groups excluding tert-OH is 1.